The average molecular weight is 233 g/mol. The number of nitrogens with zero attached hydrogens (tertiary/aromatic N) is 3. The summed E-state index contributed by atoms with van der Waals surface area (Å²) in [6.07, 6.45) is 1.45. The van der Waals surface area contributed by atoms with Gasteiger partial charge in [0.1, 0.15) is 5.82 Å². The maximum atomic E-state index is 9.12. The van der Waals surface area contributed by atoms with Crippen molar-refractivity contribution in [2.75, 3.05) is 24.7 Å². The largest absolute Gasteiger partial charge is 0.394 e. The van der Waals surface area contributed by atoms with Gasteiger partial charge in [0.25, 0.3) is 0 Å². The van der Waals surface area contributed by atoms with Crippen LogP contribution in [0.3, 0.4) is 0 Å². The number of aromatic nitrogens is 1. The van der Waals surface area contributed by atoms with Crippen molar-refractivity contribution in [2.45, 2.75) is 19.1 Å². The molecule has 0 bridgehead atoms. The van der Waals surface area contributed by atoms with Crippen molar-refractivity contribution in [3.63, 3.8) is 0 Å². The molecule has 2 heterocycles. The monoisotopic (exact) mass is 233 g/mol. The SMILES string of the molecule is CC1COC(CO)CN1c1cc(C#N)ccn1. The molecule has 5 heteroatoms. The number of morpholine rings is 1. The highest BCUT2D eigenvalue weighted by Crippen LogP contribution is 2.20. The molecule has 1 fully saturated rings. The van der Waals surface area contributed by atoms with Crippen molar-refractivity contribution in [1.29, 1.82) is 5.26 Å². The highest BCUT2D eigenvalue weighted by atomic mass is 16.5. The molecule has 0 aromatic carbocycles. The minimum atomic E-state index is -0.182. The number of anilines is 1. The Labute approximate surface area is 100 Å². The van der Waals surface area contributed by atoms with Crippen LogP contribution in [-0.4, -0.2) is 42.0 Å². The maximum Gasteiger partial charge on any atom is 0.130 e. The van der Waals surface area contributed by atoms with Crippen molar-refractivity contribution >= 4 is 5.82 Å². The molecule has 5 nitrogen and oxygen atoms in total. The van der Waals surface area contributed by atoms with Crippen molar-refractivity contribution in [1.82, 2.24) is 4.98 Å². The number of hydrogen-bond donors (Lipinski definition) is 1. The zero-order valence-electron chi connectivity index (χ0n) is 9.71. The van der Waals surface area contributed by atoms with E-state index in [1.165, 1.54) is 0 Å². The van der Waals surface area contributed by atoms with Crippen molar-refractivity contribution < 1.29 is 9.84 Å². The molecule has 0 amide bonds. The predicted octanol–water partition coefficient (Wildman–Crippen LogP) is 0.539. The minimum Gasteiger partial charge on any atom is -0.394 e. The van der Waals surface area contributed by atoms with Crippen LogP contribution in [0.5, 0.6) is 0 Å². The van der Waals surface area contributed by atoms with Gasteiger partial charge in [-0.15, -0.1) is 0 Å². The van der Waals surface area contributed by atoms with E-state index in [1.54, 1.807) is 18.3 Å². The summed E-state index contributed by atoms with van der Waals surface area (Å²) in [5.74, 6) is 0.762. The summed E-state index contributed by atoms with van der Waals surface area (Å²) in [5, 5.41) is 18.0. The lowest BCUT2D eigenvalue weighted by Gasteiger charge is -2.38. The second kappa shape index (κ2) is 5.13. The lowest BCUT2D eigenvalue weighted by molar-refractivity contribution is -0.0105. The van der Waals surface area contributed by atoms with Crippen LogP contribution in [0.25, 0.3) is 0 Å². The first-order valence-corrected chi connectivity index (χ1v) is 5.60. The first-order valence-electron chi connectivity index (χ1n) is 5.60. The summed E-state index contributed by atoms with van der Waals surface area (Å²) in [6, 6.07) is 5.73. The number of aliphatic hydroxyl groups is 1. The van der Waals surface area contributed by atoms with Crippen LogP contribution in [0, 0.1) is 11.3 Å². The number of ether oxygens (including phenoxy) is 1. The smallest absolute Gasteiger partial charge is 0.130 e. The molecule has 0 saturated carbocycles. The Hall–Kier alpha value is -1.64. The maximum absolute atomic E-state index is 9.12. The molecule has 1 aromatic heterocycles. The number of hydrogen-bond acceptors (Lipinski definition) is 5. The van der Waals surface area contributed by atoms with Crippen LogP contribution in [0.2, 0.25) is 0 Å². The van der Waals surface area contributed by atoms with Crippen LogP contribution in [0.1, 0.15) is 12.5 Å². The van der Waals surface area contributed by atoms with Crippen LogP contribution >= 0.6 is 0 Å². The summed E-state index contributed by atoms with van der Waals surface area (Å²) in [6.45, 7) is 3.19. The first-order chi connectivity index (χ1) is 8.24. The van der Waals surface area contributed by atoms with Gasteiger partial charge in [0.2, 0.25) is 0 Å². The summed E-state index contributed by atoms with van der Waals surface area (Å²) in [7, 11) is 0. The predicted molar refractivity (Wildman–Crippen MR) is 62.6 cm³/mol. The lowest BCUT2D eigenvalue weighted by atomic mass is 10.2. The summed E-state index contributed by atoms with van der Waals surface area (Å²) in [5.41, 5.74) is 0.592. The third-order valence-electron chi connectivity index (χ3n) is 2.88. The fraction of sp³-hybridized carbons (Fsp3) is 0.500. The molecule has 2 unspecified atom stereocenters. The van der Waals surface area contributed by atoms with Gasteiger partial charge in [-0.25, -0.2) is 4.98 Å². The van der Waals surface area contributed by atoms with Gasteiger partial charge in [0.15, 0.2) is 0 Å². The van der Waals surface area contributed by atoms with Crippen molar-refractivity contribution in [3.05, 3.63) is 23.9 Å². The zero-order valence-corrected chi connectivity index (χ0v) is 9.71. The Balaban J connectivity index is 2.21. The van der Waals surface area contributed by atoms with Gasteiger partial charge < -0.3 is 14.7 Å². The topological polar surface area (TPSA) is 69.4 Å². The highest BCUT2D eigenvalue weighted by molar-refractivity contribution is 5.46. The van der Waals surface area contributed by atoms with Crippen molar-refractivity contribution in [3.8, 4) is 6.07 Å². The van der Waals surface area contributed by atoms with Gasteiger partial charge in [-0.05, 0) is 19.1 Å². The minimum absolute atomic E-state index is 0.00115. The quantitative estimate of drug-likeness (QED) is 0.807. The second-order valence-electron chi connectivity index (χ2n) is 4.15. The van der Waals surface area contributed by atoms with Gasteiger partial charge >= 0.3 is 0 Å². The molecular weight excluding hydrogens is 218 g/mol. The van der Waals surface area contributed by atoms with Gasteiger partial charge in [0.05, 0.1) is 37.0 Å². The van der Waals surface area contributed by atoms with Gasteiger partial charge in [-0.3, -0.25) is 0 Å². The van der Waals surface area contributed by atoms with E-state index in [0.29, 0.717) is 18.7 Å². The number of nitriles is 1. The standard InChI is InChI=1S/C12H15N3O2/c1-9-8-17-11(7-16)6-15(9)12-4-10(5-13)2-3-14-12/h2-4,9,11,16H,6-8H2,1H3. The number of pyridine rings is 1. The average Bonchev–Trinajstić information content (AvgIpc) is 2.39. The van der Waals surface area contributed by atoms with Crippen LogP contribution in [-0.2, 0) is 4.74 Å². The summed E-state index contributed by atoms with van der Waals surface area (Å²) >= 11 is 0. The Morgan fingerprint density at radius 1 is 1.71 bits per heavy atom. The van der Waals surface area contributed by atoms with Crippen LogP contribution in [0.15, 0.2) is 18.3 Å². The summed E-state index contributed by atoms with van der Waals surface area (Å²) < 4.78 is 5.46. The van der Waals surface area contributed by atoms with E-state index in [4.69, 9.17) is 15.1 Å². The van der Waals surface area contributed by atoms with Crippen molar-refractivity contribution in [2.24, 2.45) is 0 Å². The molecule has 1 saturated heterocycles. The third kappa shape index (κ3) is 2.54. The van der Waals surface area contributed by atoms with Gasteiger partial charge in [0, 0.05) is 12.7 Å². The molecule has 0 aliphatic carbocycles. The highest BCUT2D eigenvalue weighted by Gasteiger charge is 2.26. The first kappa shape index (κ1) is 11.8. The molecule has 2 rings (SSSR count). The zero-order chi connectivity index (χ0) is 12.3. The molecule has 1 aromatic rings. The Morgan fingerprint density at radius 3 is 3.24 bits per heavy atom. The molecule has 17 heavy (non-hydrogen) atoms. The Bertz CT molecular complexity index is 430. The molecule has 0 spiro atoms. The normalized spacial score (nSPS) is 24.4. The summed E-state index contributed by atoms with van der Waals surface area (Å²) in [4.78, 5) is 6.33. The van der Waals surface area contributed by atoms with Gasteiger partial charge in [-0.2, -0.15) is 5.26 Å². The van der Waals surface area contributed by atoms with Crippen LogP contribution in [0.4, 0.5) is 5.82 Å². The molecular formula is C12H15N3O2. The second-order valence-corrected chi connectivity index (χ2v) is 4.15. The lowest BCUT2D eigenvalue weighted by Crippen LogP contribution is -2.50. The molecule has 90 valence electrons. The fourth-order valence-corrected chi connectivity index (χ4v) is 1.89. The molecule has 0 radical (unpaired) electrons. The van der Waals surface area contributed by atoms with E-state index in [2.05, 4.69) is 16.0 Å². The third-order valence-corrected chi connectivity index (χ3v) is 2.88. The molecule has 1 aliphatic heterocycles. The molecule has 2 atom stereocenters. The van der Waals surface area contributed by atoms with E-state index < -0.39 is 0 Å². The van der Waals surface area contributed by atoms with E-state index in [0.717, 1.165) is 5.82 Å². The van der Waals surface area contributed by atoms with Crippen LogP contribution < -0.4 is 4.90 Å². The van der Waals surface area contributed by atoms with E-state index in [-0.39, 0.29) is 18.8 Å². The molecule has 1 N–H and O–H groups in total. The molecule has 1 aliphatic rings. The Kier molecular flexibility index (Phi) is 3.57. The van der Waals surface area contributed by atoms with E-state index in [1.807, 2.05) is 6.92 Å². The number of aliphatic hydroxyl groups excluding tert-OH is 1. The Morgan fingerprint density at radius 2 is 2.53 bits per heavy atom. The van der Waals surface area contributed by atoms with E-state index in [9.17, 15) is 0 Å². The fourth-order valence-electron chi connectivity index (χ4n) is 1.89. The number of rotatable bonds is 2. The van der Waals surface area contributed by atoms with E-state index >= 15 is 0 Å². The van der Waals surface area contributed by atoms with Gasteiger partial charge in [-0.1, -0.05) is 0 Å².